The Labute approximate surface area is 218 Å². The lowest BCUT2D eigenvalue weighted by Crippen LogP contribution is -2.40. The molecule has 2 aromatic carbocycles. The molecule has 0 saturated carbocycles. The van der Waals surface area contributed by atoms with E-state index in [1.54, 1.807) is 24.3 Å². The highest BCUT2D eigenvalue weighted by Gasteiger charge is 2.22. The molecule has 1 atom stereocenters. The van der Waals surface area contributed by atoms with E-state index in [-0.39, 0.29) is 22.0 Å². The van der Waals surface area contributed by atoms with Gasteiger partial charge in [0, 0.05) is 5.69 Å². The monoisotopic (exact) mass is 530 g/mol. The Morgan fingerprint density at radius 3 is 2.19 bits per heavy atom. The summed E-state index contributed by atoms with van der Waals surface area (Å²) >= 11 is 12.1. The van der Waals surface area contributed by atoms with Crippen molar-refractivity contribution in [2.24, 2.45) is 0 Å². The summed E-state index contributed by atoms with van der Waals surface area (Å²) in [4.78, 5) is 32.7. The van der Waals surface area contributed by atoms with Gasteiger partial charge in [-0.15, -0.1) is 0 Å². The first-order valence-corrected chi connectivity index (χ1v) is 11.5. The molecule has 3 N–H and O–H groups in total. The number of halogens is 2. The van der Waals surface area contributed by atoms with Crippen LogP contribution in [0.25, 0.3) is 6.08 Å². The summed E-state index contributed by atoms with van der Waals surface area (Å²) in [6, 6.07) is 12.5. The van der Waals surface area contributed by atoms with E-state index in [0.29, 0.717) is 24.1 Å². The van der Waals surface area contributed by atoms with Crippen LogP contribution in [0.5, 0.6) is 11.8 Å². The highest BCUT2D eigenvalue weighted by atomic mass is 35.5. The molecule has 1 aromatic heterocycles. The molecule has 1 unspecified atom stereocenters. The summed E-state index contributed by atoms with van der Waals surface area (Å²) in [7, 11) is 3.04. The number of rotatable bonds is 11. The van der Waals surface area contributed by atoms with Gasteiger partial charge in [-0.3, -0.25) is 4.79 Å². The van der Waals surface area contributed by atoms with E-state index in [4.69, 9.17) is 32.7 Å². The van der Waals surface area contributed by atoms with Crippen LogP contribution < -0.4 is 20.1 Å². The minimum Gasteiger partial charge on any atom is -0.481 e. The molecule has 0 fully saturated rings. The average Bonchev–Trinajstić information content (AvgIpc) is 2.87. The first-order valence-electron chi connectivity index (χ1n) is 10.7. The van der Waals surface area contributed by atoms with E-state index in [1.807, 2.05) is 24.3 Å². The van der Waals surface area contributed by atoms with E-state index in [9.17, 15) is 14.7 Å². The van der Waals surface area contributed by atoms with Crippen molar-refractivity contribution in [1.82, 2.24) is 15.3 Å². The number of carbonyl (C=O) groups is 2. The molecule has 1 amide bonds. The molecule has 9 nitrogen and oxygen atoms in total. The molecular formula is C25H24Cl2N4O5. The van der Waals surface area contributed by atoms with Gasteiger partial charge in [-0.1, -0.05) is 53.6 Å². The maximum Gasteiger partial charge on any atom is 0.326 e. The number of methoxy groups -OCH3 is 2. The van der Waals surface area contributed by atoms with Crippen LogP contribution >= 0.6 is 23.2 Å². The van der Waals surface area contributed by atoms with Crippen molar-refractivity contribution < 1.29 is 24.2 Å². The van der Waals surface area contributed by atoms with E-state index in [0.717, 1.165) is 11.3 Å². The zero-order valence-corrected chi connectivity index (χ0v) is 21.0. The van der Waals surface area contributed by atoms with Gasteiger partial charge in [-0.05, 0) is 36.2 Å². The summed E-state index contributed by atoms with van der Waals surface area (Å²) in [6.07, 6.45) is 3.51. The van der Waals surface area contributed by atoms with E-state index >= 15 is 0 Å². The van der Waals surface area contributed by atoms with Crippen molar-refractivity contribution in [1.29, 1.82) is 0 Å². The molecule has 0 aliphatic carbocycles. The number of hydrogen-bond acceptors (Lipinski definition) is 7. The number of anilines is 1. The third-order valence-corrected chi connectivity index (χ3v) is 5.61. The second-order valence-corrected chi connectivity index (χ2v) is 8.26. The molecule has 3 aromatic rings. The maximum absolute atomic E-state index is 12.5. The van der Waals surface area contributed by atoms with Crippen molar-refractivity contribution in [3.05, 3.63) is 81.6 Å². The van der Waals surface area contributed by atoms with Crippen molar-refractivity contribution in [3.8, 4) is 11.8 Å². The normalized spacial score (nSPS) is 11.7. The molecule has 0 aliphatic heterocycles. The summed E-state index contributed by atoms with van der Waals surface area (Å²) in [5.41, 5.74) is 1.73. The topological polar surface area (TPSA) is 123 Å². The largest absolute Gasteiger partial charge is 0.481 e. The summed E-state index contributed by atoms with van der Waals surface area (Å²) in [5, 5.41) is 15.5. The smallest absolute Gasteiger partial charge is 0.326 e. The number of nitrogens with zero attached hydrogens (tertiary/aromatic N) is 2. The Morgan fingerprint density at radius 1 is 1.03 bits per heavy atom. The molecule has 0 saturated heterocycles. The standard InChI is InChI=1S/C25H24Cl2N4O5/c1-35-21-13-22(36-2)31-20(30-21)14-28-16-11-9-15(10-12-16)5-3-8-19(25(33)34)29-24(32)23-17(26)6-4-7-18(23)27/h3-7,9-13,19,28H,8,14H2,1-2H3,(H,29,32)(H,33,34)/b5-3+. The molecule has 3 rings (SSSR count). The van der Waals surface area contributed by atoms with Crippen molar-refractivity contribution in [2.45, 2.75) is 19.0 Å². The number of benzene rings is 2. The Kier molecular flexibility index (Phi) is 9.49. The Hall–Kier alpha value is -3.82. The molecule has 36 heavy (non-hydrogen) atoms. The van der Waals surface area contributed by atoms with Gasteiger partial charge in [0.2, 0.25) is 11.8 Å². The van der Waals surface area contributed by atoms with E-state index in [1.165, 1.54) is 26.4 Å². The van der Waals surface area contributed by atoms with Crippen LogP contribution in [0.1, 0.15) is 28.2 Å². The summed E-state index contributed by atoms with van der Waals surface area (Å²) in [5.74, 6) is -0.503. The van der Waals surface area contributed by atoms with Crippen molar-refractivity contribution in [3.63, 3.8) is 0 Å². The van der Waals surface area contributed by atoms with Crippen molar-refractivity contribution >= 4 is 46.8 Å². The maximum atomic E-state index is 12.5. The van der Waals surface area contributed by atoms with Gasteiger partial charge in [0.1, 0.15) is 6.04 Å². The Morgan fingerprint density at radius 2 is 1.64 bits per heavy atom. The van der Waals surface area contributed by atoms with Crippen LogP contribution in [-0.2, 0) is 11.3 Å². The minimum absolute atomic E-state index is 0.0388. The highest BCUT2D eigenvalue weighted by Crippen LogP contribution is 2.24. The van der Waals surface area contributed by atoms with Crippen LogP contribution in [-0.4, -0.2) is 47.2 Å². The molecule has 11 heteroatoms. The number of aromatic nitrogens is 2. The number of nitrogens with one attached hydrogen (secondary N) is 2. The van der Waals surface area contributed by atoms with Gasteiger partial charge in [-0.2, -0.15) is 9.97 Å². The lowest BCUT2D eigenvalue weighted by Gasteiger charge is -2.14. The molecule has 0 bridgehead atoms. The number of carboxylic acids is 1. The molecular weight excluding hydrogens is 507 g/mol. The van der Waals surface area contributed by atoms with Gasteiger partial charge < -0.3 is 25.2 Å². The molecule has 0 aliphatic rings. The number of aliphatic carboxylic acids is 1. The second-order valence-electron chi connectivity index (χ2n) is 7.44. The first kappa shape index (κ1) is 26.8. The van der Waals surface area contributed by atoms with Crippen LogP contribution in [0.2, 0.25) is 10.0 Å². The van der Waals surface area contributed by atoms with E-state index in [2.05, 4.69) is 20.6 Å². The fourth-order valence-corrected chi connectivity index (χ4v) is 3.71. The number of carboxylic acid groups (broad SMARTS) is 1. The fourth-order valence-electron chi connectivity index (χ4n) is 3.14. The first-order chi connectivity index (χ1) is 17.3. The Bertz CT molecular complexity index is 1210. The Balaban J connectivity index is 1.57. The van der Waals surface area contributed by atoms with Gasteiger partial charge in [0.05, 0.1) is 42.4 Å². The number of carbonyl (C=O) groups excluding carboxylic acids is 1. The lowest BCUT2D eigenvalue weighted by atomic mass is 10.1. The van der Waals surface area contributed by atoms with Gasteiger partial charge in [0.15, 0.2) is 5.82 Å². The zero-order chi connectivity index (χ0) is 26.1. The van der Waals surface area contributed by atoms with Gasteiger partial charge >= 0.3 is 5.97 Å². The van der Waals surface area contributed by atoms with Crippen LogP contribution in [0.3, 0.4) is 0 Å². The van der Waals surface area contributed by atoms with Crippen LogP contribution in [0, 0.1) is 0 Å². The molecule has 188 valence electrons. The number of hydrogen-bond donors (Lipinski definition) is 3. The fraction of sp³-hybridized carbons (Fsp3) is 0.200. The van der Waals surface area contributed by atoms with Gasteiger partial charge in [0.25, 0.3) is 5.91 Å². The lowest BCUT2D eigenvalue weighted by molar-refractivity contribution is -0.139. The van der Waals surface area contributed by atoms with Crippen molar-refractivity contribution in [2.75, 3.05) is 19.5 Å². The SMILES string of the molecule is COc1cc(OC)nc(CNc2ccc(/C=C/CC(NC(=O)c3c(Cl)cccc3Cl)C(=O)O)cc2)n1. The van der Waals surface area contributed by atoms with E-state index < -0.39 is 17.9 Å². The summed E-state index contributed by atoms with van der Waals surface area (Å²) in [6.45, 7) is 0.359. The zero-order valence-electron chi connectivity index (χ0n) is 19.5. The highest BCUT2D eigenvalue weighted by molar-refractivity contribution is 6.39. The quantitative estimate of drug-likeness (QED) is 0.326. The average molecular weight is 531 g/mol. The number of amides is 1. The number of ether oxygens (including phenoxy) is 2. The third kappa shape index (κ3) is 7.34. The molecule has 0 radical (unpaired) electrons. The third-order valence-electron chi connectivity index (χ3n) is 4.98. The minimum atomic E-state index is -1.17. The molecule has 1 heterocycles. The molecule has 0 spiro atoms. The van der Waals surface area contributed by atoms with Crippen LogP contribution in [0.15, 0.2) is 54.6 Å². The predicted octanol–water partition coefficient (Wildman–Crippen LogP) is 4.70. The summed E-state index contributed by atoms with van der Waals surface area (Å²) < 4.78 is 10.3. The second kappa shape index (κ2) is 12.8. The van der Waals surface area contributed by atoms with Crippen LogP contribution in [0.4, 0.5) is 5.69 Å². The predicted molar refractivity (Wildman–Crippen MR) is 138 cm³/mol. The van der Waals surface area contributed by atoms with Gasteiger partial charge in [-0.25, -0.2) is 4.79 Å².